The van der Waals surface area contributed by atoms with Crippen LogP contribution in [0, 0.1) is 0 Å². The third-order valence-electron chi connectivity index (χ3n) is 2.04. The molecule has 4 heteroatoms. The standard InChI is InChI=1S/C9H17N3O/c1-3-12-7-10-4-9(12)5-11-8(2)6-13/h4,7-8,11,13H,3,5-6H2,1-2H3. The maximum atomic E-state index is 8.80. The summed E-state index contributed by atoms with van der Waals surface area (Å²) in [5.41, 5.74) is 1.16. The van der Waals surface area contributed by atoms with Crippen LogP contribution in [0.3, 0.4) is 0 Å². The predicted molar refractivity (Wildman–Crippen MR) is 51.3 cm³/mol. The van der Waals surface area contributed by atoms with Crippen LogP contribution in [0.5, 0.6) is 0 Å². The fraction of sp³-hybridized carbons (Fsp3) is 0.667. The van der Waals surface area contributed by atoms with Crippen molar-refractivity contribution in [1.29, 1.82) is 0 Å². The van der Waals surface area contributed by atoms with Gasteiger partial charge in [0.2, 0.25) is 0 Å². The first kappa shape index (κ1) is 10.2. The lowest BCUT2D eigenvalue weighted by molar-refractivity contribution is 0.250. The Morgan fingerprint density at radius 2 is 2.46 bits per heavy atom. The van der Waals surface area contributed by atoms with E-state index in [9.17, 15) is 0 Å². The largest absolute Gasteiger partial charge is 0.395 e. The van der Waals surface area contributed by atoms with Crippen molar-refractivity contribution in [3.63, 3.8) is 0 Å². The molecule has 4 nitrogen and oxygen atoms in total. The van der Waals surface area contributed by atoms with E-state index >= 15 is 0 Å². The molecule has 0 fully saturated rings. The van der Waals surface area contributed by atoms with Gasteiger partial charge in [-0.1, -0.05) is 0 Å². The summed E-state index contributed by atoms with van der Waals surface area (Å²) in [5, 5.41) is 12.0. The Morgan fingerprint density at radius 3 is 3.08 bits per heavy atom. The predicted octanol–water partition coefficient (Wildman–Crippen LogP) is 0.373. The molecule has 0 amide bonds. The smallest absolute Gasteiger partial charge is 0.0948 e. The second kappa shape index (κ2) is 4.99. The number of aryl methyl sites for hydroxylation is 1. The molecule has 0 saturated carbocycles. The van der Waals surface area contributed by atoms with Crippen LogP contribution < -0.4 is 5.32 Å². The molecule has 0 aromatic carbocycles. The zero-order chi connectivity index (χ0) is 9.68. The summed E-state index contributed by atoms with van der Waals surface area (Å²) in [7, 11) is 0. The molecule has 1 rings (SSSR count). The number of aliphatic hydroxyl groups excluding tert-OH is 1. The molecule has 1 unspecified atom stereocenters. The first-order chi connectivity index (χ1) is 6.27. The van der Waals surface area contributed by atoms with Crippen LogP contribution in [-0.2, 0) is 13.1 Å². The molecule has 74 valence electrons. The minimum atomic E-state index is 0.139. The van der Waals surface area contributed by atoms with Crippen molar-refractivity contribution < 1.29 is 5.11 Å². The fourth-order valence-electron chi connectivity index (χ4n) is 1.12. The second-order valence-corrected chi connectivity index (χ2v) is 3.14. The summed E-state index contributed by atoms with van der Waals surface area (Å²) in [4.78, 5) is 4.06. The quantitative estimate of drug-likeness (QED) is 0.693. The lowest BCUT2D eigenvalue weighted by Gasteiger charge is -2.11. The zero-order valence-corrected chi connectivity index (χ0v) is 8.20. The minimum absolute atomic E-state index is 0.139. The Morgan fingerprint density at radius 1 is 1.69 bits per heavy atom. The SMILES string of the molecule is CCn1cncc1CNC(C)CO. The van der Waals surface area contributed by atoms with Gasteiger partial charge in [-0.15, -0.1) is 0 Å². The summed E-state index contributed by atoms with van der Waals surface area (Å²) in [6.07, 6.45) is 3.67. The number of aromatic nitrogens is 2. The average Bonchev–Trinajstić information content (AvgIpc) is 2.61. The molecule has 0 bridgehead atoms. The summed E-state index contributed by atoms with van der Waals surface area (Å²) in [6.45, 7) is 5.90. The van der Waals surface area contributed by atoms with E-state index in [2.05, 4.69) is 21.8 Å². The summed E-state index contributed by atoms with van der Waals surface area (Å²) < 4.78 is 2.08. The van der Waals surface area contributed by atoms with Crippen LogP contribution in [0.4, 0.5) is 0 Å². The highest BCUT2D eigenvalue weighted by Gasteiger charge is 2.02. The van der Waals surface area contributed by atoms with Crippen LogP contribution in [-0.4, -0.2) is 27.3 Å². The Bertz CT molecular complexity index is 247. The van der Waals surface area contributed by atoms with Gasteiger partial charge in [0, 0.05) is 25.3 Å². The Labute approximate surface area is 78.6 Å². The van der Waals surface area contributed by atoms with Crippen LogP contribution >= 0.6 is 0 Å². The molecule has 1 aromatic heterocycles. The number of aliphatic hydroxyl groups is 1. The molecule has 0 spiro atoms. The normalized spacial score (nSPS) is 13.2. The second-order valence-electron chi connectivity index (χ2n) is 3.14. The summed E-state index contributed by atoms with van der Waals surface area (Å²) >= 11 is 0. The van der Waals surface area contributed by atoms with E-state index < -0.39 is 0 Å². The first-order valence-electron chi connectivity index (χ1n) is 4.61. The third kappa shape index (κ3) is 2.82. The van der Waals surface area contributed by atoms with E-state index in [0.29, 0.717) is 0 Å². The van der Waals surface area contributed by atoms with Crippen LogP contribution in [0.1, 0.15) is 19.5 Å². The van der Waals surface area contributed by atoms with Gasteiger partial charge < -0.3 is 15.0 Å². The molecule has 13 heavy (non-hydrogen) atoms. The van der Waals surface area contributed by atoms with Gasteiger partial charge >= 0.3 is 0 Å². The monoisotopic (exact) mass is 183 g/mol. The number of rotatable bonds is 5. The van der Waals surface area contributed by atoms with Crippen molar-refractivity contribution in [2.75, 3.05) is 6.61 Å². The van der Waals surface area contributed by atoms with E-state index in [1.807, 2.05) is 19.4 Å². The Balaban J connectivity index is 2.44. The van der Waals surface area contributed by atoms with Gasteiger partial charge in [0.1, 0.15) is 0 Å². The van der Waals surface area contributed by atoms with Gasteiger partial charge in [-0.3, -0.25) is 0 Å². The van der Waals surface area contributed by atoms with E-state index in [4.69, 9.17) is 5.11 Å². The Hall–Kier alpha value is -0.870. The van der Waals surface area contributed by atoms with Crippen LogP contribution in [0.2, 0.25) is 0 Å². The lowest BCUT2D eigenvalue weighted by Crippen LogP contribution is -2.29. The van der Waals surface area contributed by atoms with Gasteiger partial charge in [-0.05, 0) is 13.8 Å². The zero-order valence-electron chi connectivity index (χ0n) is 8.20. The molecule has 2 N–H and O–H groups in total. The topological polar surface area (TPSA) is 50.1 Å². The summed E-state index contributed by atoms with van der Waals surface area (Å²) in [6, 6.07) is 0.139. The third-order valence-corrected chi connectivity index (χ3v) is 2.04. The molecular weight excluding hydrogens is 166 g/mol. The molecule has 1 heterocycles. The van der Waals surface area contributed by atoms with E-state index in [-0.39, 0.29) is 12.6 Å². The van der Waals surface area contributed by atoms with Crippen LogP contribution in [0.15, 0.2) is 12.5 Å². The van der Waals surface area contributed by atoms with Gasteiger partial charge in [0.15, 0.2) is 0 Å². The van der Waals surface area contributed by atoms with E-state index in [0.717, 1.165) is 18.8 Å². The van der Waals surface area contributed by atoms with E-state index in [1.54, 1.807) is 0 Å². The average molecular weight is 183 g/mol. The lowest BCUT2D eigenvalue weighted by atomic mass is 10.3. The van der Waals surface area contributed by atoms with Crippen molar-refractivity contribution in [1.82, 2.24) is 14.9 Å². The fourth-order valence-corrected chi connectivity index (χ4v) is 1.12. The molecule has 0 aliphatic carbocycles. The van der Waals surface area contributed by atoms with Crippen molar-refractivity contribution in [3.8, 4) is 0 Å². The van der Waals surface area contributed by atoms with E-state index in [1.165, 1.54) is 0 Å². The first-order valence-corrected chi connectivity index (χ1v) is 4.61. The van der Waals surface area contributed by atoms with Gasteiger partial charge in [-0.25, -0.2) is 4.98 Å². The maximum Gasteiger partial charge on any atom is 0.0948 e. The van der Waals surface area contributed by atoms with Crippen molar-refractivity contribution in [2.24, 2.45) is 0 Å². The molecule has 0 saturated heterocycles. The molecule has 1 atom stereocenters. The molecular formula is C9H17N3O. The highest BCUT2D eigenvalue weighted by atomic mass is 16.3. The summed E-state index contributed by atoms with van der Waals surface area (Å²) in [5.74, 6) is 0. The molecule has 0 aliphatic rings. The number of imidazole rings is 1. The van der Waals surface area contributed by atoms with Gasteiger partial charge in [0.05, 0.1) is 18.6 Å². The number of nitrogens with one attached hydrogen (secondary N) is 1. The number of hydrogen-bond donors (Lipinski definition) is 2. The highest BCUT2D eigenvalue weighted by Crippen LogP contribution is 1.98. The van der Waals surface area contributed by atoms with Crippen molar-refractivity contribution in [2.45, 2.75) is 33.0 Å². The van der Waals surface area contributed by atoms with Crippen molar-refractivity contribution >= 4 is 0 Å². The number of hydrogen-bond acceptors (Lipinski definition) is 3. The van der Waals surface area contributed by atoms with Gasteiger partial charge in [-0.2, -0.15) is 0 Å². The van der Waals surface area contributed by atoms with Crippen molar-refractivity contribution in [3.05, 3.63) is 18.2 Å². The molecule has 1 aromatic rings. The Kier molecular flexibility index (Phi) is 3.92. The highest BCUT2D eigenvalue weighted by molar-refractivity contribution is 4.97. The molecule has 0 radical (unpaired) electrons. The molecule has 0 aliphatic heterocycles. The van der Waals surface area contributed by atoms with Crippen LogP contribution in [0.25, 0.3) is 0 Å². The van der Waals surface area contributed by atoms with Gasteiger partial charge in [0.25, 0.3) is 0 Å². The number of nitrogens with zero attached hydrogens (tertiary/aromatic N) is 2. The maximum absolute atomic E-state index is 8.80. The minimum Gasteiger partial charge on any atom is -0.395 e.